The molecule has 1 fully saturated rings. The number of rotatable bonds is 3. The van der Waals surface area contributed by atoms with Gasteiger partial charge in [-0.3, -0.25) is 9.69 Å². The van der Waals surface area contributed by atoms with Crippen molar-refractivity contribution < 1.29 is 0 Å². The number of hydrogen-bond acceptors (Lipinski definition) is 2. The van der Waals surface area contributed by atoms with E-state index in [-0.39, 0.29) is 11.1 Å². The van der Waals surface area contributed by atoms with E-state index in [1.807, 2.05) is 26.2 Å². The summed E-state index contributed by atoms with van der Waals surface area (Å²) in [7, 11) is 6.15. The molecule has 1 saturated carbocycles. The van der Waals surface area contributed by atoms with E-state index in [1.165, 1.54) is 24.8 Å². The van der Waals surface area contributed by atoms with Crippen molar-refractivity contribution in [2.75, 3.05) is 14.1 Å². The molecule has 0 amide bonds. The second kappa shape index (κ2) is 5.40. The molecule has 0 aliphatic heterocycles. The van der Waals surface area contributed by atoms with Gasteiger partial charge >= 0.3 is 0 Å². The van der Waals surface area contributed by atoms with E-state index in [0.29, 0.717) is 0 Å². The molecule has 1 aromatic heterocycles. The van der Waals surface area contributed by atoms with E-state index in [1.54, 1.807) is 4.57 Å². The summed E-state index contributed by atoms with van der Waals surface area (Å²) in [6, 6.07) is 10.8. The van der Waals surface area contributed by atoms with Crippen LogP contribution in [-0.4, -0.2) is 23.6 Å². The minimum absolute atomic E-state index is 0.0707. The van der Waals surface area contributed by atoms with Crippen LogP contribution in [0.15, 0.2) is 41.3 Å². The van der Waals surface area contributed by atoms with Gasteiger partial charge in [-0.25, -0.2) is 0 Å². The molecule has 0 saturated heterocycles. The van der Waals surface area contributed by atoms with Gasteiger partial charge in [-0.2, -0.15) is 0 Å². The summed E-state index contributed by atoms with van der Waals surface area (Å²) in [5.74, 6) is 0. The maximum Gasteiger partial charge on any atom is 0.253 e. The summed E-state index contributed by atoms with van der Waals surface area (Å²) in [6.45, 7) is 1.87. The molecule has 1 aliphatic carbocycles. The normalized spacial score (nSPS) is 16.6. The number of aryl methyl sites for hydroxylation is 2. The Bertz CT molecular complexity index is 711. The zero-order chi connectivity index (χ0) is 15.9. The quantitative estimate of drug-likeness (QED) is 0.868. The standard InChI is InChI=1S/C19H24N2O/c1-14-12-16(13-21(4)18(14)22)15-6-8-17(9-7-15)19(20(2)3)10-5-11-19/h6-9,12-13H,5,10-11H2,1-4H3. The minimum atomic E-state index is 0.0707. The number of pyridine rings is 1. The van der Waals surface area contributed by atoms with Crippen LogP contribution in [0.4, 0.5) is 0 Å². The highest BCUT2D eigenvalue weighted by Crippen LogP contribution is 2.45. The zero-order valence-corrected chi connectivity index (χ0v) is 13.9. The van der Waals surface area contributed by atoms with Gasteiger partial charge in [0.15, 0.2) is 0 Å². The third-order valence-corrected chi connectivity index (χ3v) is 5.15. The first-order chi connectivity index (χ1) is 10.4. The third-order valence-electron chi connectivity index (χ3n) is 5.15. The molecule has 3 rings (SSSR count). The van der Waals surface area contributed by atoms with Crippen molar-refractivity contribution in [2.45, 2.75) is 31.7 Å². The predicted octanol–water partition coefficient (Wildman–Crippen LogP) is 3.30. The molecule has 1 aromatic carbocycles. The molecule has 0 atom stereocenters. The molecule has 0 spiro atoms. The lowest BCUT2D eigenvalue weighted by Gasteiger charge is -2.48. The van der Waals surface area contributed by atoms with Crippen molar-refractivity contribution in [1.82, 2.24) is 9.47 Å². The minimum Gasteiger partial charge on any atom is -0.318 e. The summed E-state index contributed by atoms with van der Waals surface area (Å²) < 4.78 is 1.66. The molecule has 3 nitrogen and oxygen atoms in total. The van der Waals surface area contributed by atoms with Crippen LogP contribution in [0.5, 0.6) is 0 Å². The number of nitrogens with zero attached hydrogens (tertiary/aromatic N) is 2. The molecule has 116 valence electrons. The van der Waals surface area contributed by atoms with Crippen molar-refractivity contribution in [3.8, 4) is 11.1 Å². The fourth-order valence-electron chi connectivity index (χ4n) is 3.51. The average molecular weight is 296 g/mol. The Morgan fingerprint density at radius 3 is 2.18 bits per heavy atom. The zero-order valence-electron chi connectivity index (χ0n) is 13.9. The van der Waals surface area contributed by atoms with Gasteiger partial charge < -0.3 is 4.57 Å². The van der Waals surface area contributed by atoms with Gasteiger partial charge in [0, 0.05) is 24.3 Å². The Morgan fingerprint density at radius 2 is 1.73 bits per heavy atom. The van der Waals surface area contributed by atoms with Gasteiger partial charge in [0.1, 0.15) is 0 Å². The molecule has 1 aliphatic rings. The van der Waals surface area contributed by atoms with Gasteiger partial charge in [0.05, 0.1) is 0 Å². The Kier molecular flexibility index (Phi) is 3.69. The van der Waals surface area contributed by atoms with Crippen LogP contribution in [0.1, 0.15) is 30.4 Å². The average Bonchev–Trinajstić information content (AvgIpc) is 2.43. The lowest BCUT2D eigenvalue weighted by atomic mass is 9.71. The van der Waals surface area contributed by atoms with Crippen molar-refractivity contribution in [3.05, 3.63) is 58.0 Å². The fraction of sp³-hybridized carbons (Fsp3) is 0.421. The molecule has 22 heavy (non-hydrogen) atoms. The monoisotopic (exact) mass is 296 g/mol. The Hall–Kier alpha value is -1.87. The van der Waals surface area contributed by atoms with Crippen LogP contribution >= 0.6 is 0 Å². The highest BCUT2D eigenvalue weighted by molar-refractivity contribution is 5.63. The van der Waals surface area contributed by atoms with Crippen LogP contribution in [0, 0.1) is 6.92 Å². The Labute approximate surface area is 132 Å². The van der Waals surface area contributed by atoms with Gasteiger partial charge in [-0.15, -0.1) is 0 Å². The molecule has 2 aromatic rings. The number of benzene rings is 1. The lowest BCUT2D eigenvalue weighted by molar-refractivity contribution is 0.0577. The Morgan fingerprint density at radius 1 is 1.09 bits per heavy atom. The third kappa shape index (κ3) is 2.30. The highest BCUT2D eigenvalue weighted by atomic mass is 16.1. The highest BCUT2D eigenvalue weighted by Gasteiger charge is 2.40. The van der Waals surface area contributed by atoms with E-state index in [2.05, 4.69) is 43.3 Å². The Balaban J connectivity index is 1.97. The van der Waals surface area contributed by atoms with Gasteiger partial charge in [-0.05, 0) is 63.0 Å². The van der Waals surface area contributed by atoms with Gasteiger partial charge in [-0.1, -0.05) is 24.3 Å². The molecule has 0 radical (unpaired) electrons. The molecule has 0 bridgehead atoms. The van der Waals surface area contributed by atoms with E-state index in [9.17, 15) is 4.79 Å². The first kappa shape index (κ1) is 15.0. The van der Waals surface area contributed by atoms with E-state index < -0.39 is 0 Å². The lowest BCUT2D eigenvalue weighted by Crippen LogP contribution is -2.47. The van der Waals surface area contributed by atoms with Crippen LogP contribution in [0.25, 0.3) is 11.1 Å². The topological polar surface area (TPSA) is 25.2 Å². The summed E-state index contributed by atoms with van der Waals surface area (Å²) in [5, 5.41) is 0. The summed E-state index contributed by atoms with van der Waals surface area (Å²) >= 11 is 0. The molecule has 3 heteroatoms. The smallest absolute Gasteiger partial charge is 0.253 e. The van der Waals surface area contributed by atoms with Crippen LogP contribution in [-0.2, 0) is 12.6 Å². The largest absolute Gasteiger partial charge is 0.318 e. The summed E-state index contributed by atoms with van der Waals surface area (Å²) in [5.41, 5.74) is 4.73. The maximum absolute atomic E-state index is 11.8. The van der Waals surface area contributed by atoms with Crippen molar-refractivity contribution in [2.24, 2.45) is 7.05 Å². The second-order valence-corrected chi connectivity index (χ2v) is 6.68. The SMILES string of the molecule is Cc1cc(-c2ccc(C3(N(C)C)CCC3)cc2)cn(C)c1=O. The van der Waals surface area contributed by atoms with E-state index in [4.69, 9.17) is 0 Å². The van der Waals surface area contributed by atoms with Crippen LogP contribution < -0.4 is 5.56 Å². The van der Waals surface area contributed by atoms with Gasteiger partial charge in [0.25, 0.3) is 5.56 Å². The first-order valence-electron chi connectivity index (χ1n) is 7.90. The maximum atomic E-state index is 11.8. The summed E-state index contributed by atoms with van der Waals surface area (Å²) in [4.78, 5) is 14.2. The summed E-state index contributed by atoms with van der Waals surface area (Å²) in [6.07, 6.45) is 5.69. The number of hydrogen-bond donors (Lipinski definition) is 0. The van der Waals surface area contributed by atoms with Crippen LogP contribution in [0.3, 0.4) is 0 Å². The molecular weight excluding hydrogens is 272 g/mol. The van der Waals surface area contributed by atoms with E-state index >= 15 is 0 Å². The molecule has 1 heterocycles. The van der Waals surface area contributed by atoms with Crippen molar-refractivity contribution in [1.29, 1.82) is 0 Å². The van der Waals surface area contributed by atoms with Crippen molar-refractivity contribution >= 4 is 0 Å². The second-order valence-electron chi connectivity index (χ2n) is 6.68. The van der Waals surface area contributed by atoms with Gasteiger partial charge in [0.2, 0.25) is 0 Å². The molecular formula is C19H24N2O. The van der Waals surface area contributed by atoms with Crippen molar-refractivity contribution in [3.63, 3.8) is 0 Å². The fourth-order valence-corrected chi connectivity index (χ4v) is 3.51. The predicted molar refractivity (Wildman–Crippen MR) is 91.1 cm³/mol. The molecule has 0 N–H and O–H groups in total. The molecule has 0 unspecified atom stereocenters. The number of aromatic nitrogens is 1. The van der Waals surface area contributed by atoms with Crippen LogP contribution in [0.2, 0.25) is 0 Å². The first-order valence-corrected chi connectivity index (χ1v) is 7.90. The van der Waals surface area contributed by atoms with E-state index in [0.717, 1.165) is 16.7 Å².